The van der Waals surface area contributed by atoms with Crippen LogP contribution in [0.25, 0.3) is 5.69 Å². The molecule has 0 bridgehead atoms. The van der Waals surface area contributed by atoms with Crippen LogP contribution in [0.1, 0.15) is 46.0 Å². The van der Waals surface area contributed by atoms with E-state index < -0.39 is 17.7 Å². The lowest BCUT2D eigenvalue weighted by Gasteiger charge is -2.15. The van der Waals surface area contributed by atoms with Crippen molar-refractivity contribution in [2.24, 2.45) is 7.05 Å². The van der Waals surface area contributed by atoms with Crippen LogP contribution in [0.3, 0.4) is 0 Å². The van der Waals surface area contributed by atoms with Crippen molar-refractivity contribution in [1.29, 1.82) is 0 Å². The standard InChI is InChI=1S/C20H17F3N4O3/c1-26-9-8-24-19(26)17(29)14-7-6-12(10-16(14)30-11-28)27-15-5-3-2-4-13(15)18(25-27)20(21,22)23/h6-11H,2-5H2,1H3. The van der Waals surface area contributed by atoms with E-state index in [4.69, 9.17) is 4.74 Å². The van der Waals surface area contributed by atoms with E-state index >= 15 is 0 Å². The highest BCUT2D eigenvalue weighted by Crippen LogP contribution is 2.37. The number of ketones is 1. The topological polar surface area (TPSA) is 79.0 Å². The summed E-state index contributed by atoms with van der Waals surface area (Å²) in [5.74, 6) is -0.428. The first kappa shape index (κ1) is 19.9. The Bertz CT molecular complexity index is 1130. The number of rotatable bonds is 5. The quantitative estimate of drug-likeness (QED) is 0.469. The van der Waals surface area contributed by atoms with E-state index in [1.807, 2.05) is 0 Å². The molecule has 0 saturated carbocycles. The molecule has 0 atom stereocenters. The van der Waals surface area contributed by atoms with Crippen molar-refractivity contribution in [3.63, 3.8) is 0 Å². The van der Waals surface area contributed by atoms with Crippen LogP contribution >= 0.6 is 0 Å². The highest BCUT2D eigenvalue weighted by molar-refractivity contribution is 6.08. The predicted molar refractivity (Wildman–Crippen MR) is 98.5 cm³/mol. The van der Waals surface area contributed by atoms with Gasteiger partial charge in [0.25, 0.3) is 6.47 Å². The summed E-state index contributed by atoms with van der Waals surface area (Å²) in [4.78, 5) is 27.8. The van der Waals surface area contributed by atoms with Gasteiger partial charge >= 0.3 is 6.18 Å². The lowest BCUT2D eigenvalue weighted by Crippen LogP contribution is -2.12. The largest absolute Gasteiger partial charge is 0.435 e. The molecule has 156 valence electrons. The summed E-state index contributed by atoms with van der Waals surface area (Å²) in [5, 5.41) is 3.82. The molecule has 0 spiro atoms. The maximum atomic E-state index is 13.5. The SMILES string of the molecule is Cn1ccnc1C(=O)c1ccc(-n2nc(C(F)(F)F)c3c2CCCC3)cc1OC=O. The Hall–Kier alpha value is -3.43. The van der Waals surface area contributed by atoms with Gasteiger partial charge in [-0.25, -0.2) is 9.67 Å². The molecule has 0 radical (unpaired) electrons. The van der Waals surface area contributed by atoms with Crippen LogP contribution < -0.4 is 4.74 Å². The Kier molecular flexibility index (Phi) is 4.92. The van der Waals surface area contributed by atoms with Gasteiger partial charge in [-0.1, -0.05) is 0 Å². The van der Waals surface area contributed by atoms with Gasteiger partial charge in [0.15, 0.2) is 11.5 Å². The summed E-state index contributed by atoms with van der Waals surface area (Å²) >= 11 is 0. The number of fused-ring (bicyclic) bond motifs is 1. The average Bonchev–Trinajstić information content (AvgIpc) is 3.31. The molecule has 0 unspecified atom stereocenters. The molecule has 4 rings (SSSR count). The number of carbonyl (C=O) groups is 2. The van der Waals surface area contributed by atoms with E-state index in [1.165, 1.54) is 33.6 Å². The Morgan fingerprint density at radius 1 is 1.23 bits per heavy atom. The summed E-state index contributed by atoms with van der Waals surface area (Å²) in [5.41, 5.74) is 0.117. The predicted octanol–water partition coefficient (Wildman–Crippen LogP) is 3.27. The molecule has 0 saturated heterocycles. The fourth-order valence-electron chi connectivity index (χ4n) is 3.72. The maximum Gasteiger partial charge on any atom is 0.435 e. The van der Waals surface area contributed by atoms with Crippen LogP contribution in [0.4, 0.5) is 13.2 Å². The number of halogens is 3. The molecule has 1 aromatic carbocycles. The zero-order valence-electron chi connectivity index (χ0n) is 15.9. The molecule has 0 N–H and O–H groups in total. The van der Waals surface area contributed by atoms with E-state index in [0.717, 1.165) is 6.42 Å². The van der Waals surface area contributed by atoms with Gasteiger partial charge in [-0.05, 0) is 37.8 Å². The van der Waals surface area contributed by atoms with Crippen LogP contribution in [-0.2, 0) is 30.9 Å². The number of benzene rings is 1. The Morgan fingerprint density at radius 3 is 2.67 bits per heavy atom. The monoisotopic (exact) mass is 418 g/mol. The molecule has 0 amide bonds. The van der Waals surface area contributed by atoms with Crippen molar-refractivity contribution < 1.29 is 27.5 Å². The van der Waals surface area contributed by atoms with E-state index in [-0.39, 0.29) is 34.9 Å². The Labute approximate surface area is 169 Å². The number of alkyl halides is 3. The van der Waals surface area contributed by atoms with Gasteiger partial charge in [-0.2, -0.15) is 18.3 Å². The molecule has 2 heterocycles. The fourth-order valence-corrected chi connectivity index (χ4v) is 3.72. The summed E-state index contributed by atoms with van der Waals surface area (Å²) in [6, 6.07) is 4.22. The molecule has 7 nitrogen and oxygen atoms in total. The molecule has 2 aromatic heterocycles. The second kappa shape index (κ2) is 7.43. The number of hydrogen-bond donors (Lipinski definition) is 0. The van der Waals surface area contributed by atoms with Gasteiger partial charge in [0, 0.05) is 36.8 Å². The average molecular weight is 418 g/mol. The second-order valence-corrected chi connectivity index (χ2v) is 6.98. The third-order valence-corrected chi connectivity index (χ3v) is 5.10. The van der Waals surface area contributed by atoms with Gasteiger partial charge in [0.2, 0.25) is 5.78 Å². The highest BCUT2D eigenvalue weighted by atomic mass is 19.4. The van der Waals surface area contributed by atoms with E-state index in [1.54, 1.807) is 13.2 Å². The molecule has 0 aliphatic heterocycles. The van der Waals surface area contributed by atoms with Crippen molar-refractivity contribution in [3.8, 4) is 11.4 Å². The van der Waals surface area contributed by atoms with Crippen molar-refractivity contribution in [2.75, 3.05) is 0 Å². The van der Waals surface area contributed by atoms with Crippen molar-refractivity contribution in [3.05, 3.63) is 58.9 Å². The summed E-state index contributed by atoms with van der Waals surface area (Å²) in [6.07, 6.45) is 0.658. The smallest absolute Gasteiger partial charge is 0.428 e. The molecule has 1 aliphatic carbocycles. The zero-order valence-corrected chi connectivity index (χ0v) is 15.9. The van der Waals surface area contributed by atoms with Gasteiger partial charge in [-0.15, -0.1) is 0 Å². The zero-order chi connectivity index (χ0) is 21.5. The normalized spacial score (nSPS) is 13.7. The lowest BCUT2D eigenvalue weighted by atomic mass is 9.95. The molecule has 30 heavy (non-hydrogen) atoms. The van der Waals surface area contributed by atoms with Crippen molar-refractivity contribution in [1.82, 2.24) is 19.3 Å². The first-order chi connectivity index (χ1) is 14.3. The number of nitrogens with zero attached hydrogens (tertiary/aromatic N) is 4. The number of ether oxygens (including phenoxy) is 1. The Morgan fingerprint density at radius 2 is 2.00 bits per heavy atom. The van der Waals surface area contributed by atoms with E-state index in [0.29, 0.717) is 25.0 Å². The van der Waals surface area contributed by atoms with Crippen LogP contribution in [0.5, 0.6) is 5.75 Å². The minimum absolute atomic E-state index is 0.0669. The first-order valence-corrected chi connectivity index (χ1v) is 9.26. The highest BCUT2D eigenvalue weighted by Gasteiger charge is 2.39. The summed E-state index contributed by atoms with van der Waals surface area (Å²) < 4.78 is 48.1. The van der Waals surface area contributed by atoms with Crippen LogP contribution in [0.2, 0.25) is 0 Å². The molecular weight excluding hydrogens is 401 g/mol. The summed E-state index contributed by atoms with van der Waals surface area (Å²) in [6.45, 7) is 0.161. The first-order valence-electron chi connectivity index (χ1n) is 9.26. The number of aryl methyl sites for hydroxylation is 1. The number of hydrogen-bond acceptors (Lipinski definition) is 5. The Balaban J connectivity index is 1.82. The van der Waals surface area contributed by atoms with Gasteiger partial charge in [0.1, 0.15) is 5.75 Å². The van der Waals surface area contributed by atoms with Crippen LogP contribution in [0, 0.1) is 0 Å². The molecule has 1 aliphatic rings. The number of imidazole rings is 1. The number of aromatic nitrogens is 4. The summed E-state index contributed by atoms with van der Waals surface area (Å²) in [7, 11) is 1.64. The van der Waals surface area contributed by atoms with Crippen LogP contribution in [-0.4, -0.2) is 31.6 Å². The van der Waals surface area contributed by atoms with Gasteiger partial charge in [-0.3, -0.25) is 9.59 Å². The van der Waals surface area contributed by atoms with E-state index in [9.17, 15) is 22.8 Å². The molecular formula is C20H17F3N4O3. The van der Waals surface area contributed by atoms with Gasteiger partial charge in [0.05, 0.1) is 11.3 Å². The van der Waals surface area contributed by atoms with Crippen molar-refractivity contribution >= 4 is 12.3 Å². The van der Waals surface area contributed by atoms with Gasteiger partial charge < -0.3 is 9.30 Å². The lowest BCUT2D eigenvalue weighted by molar-refractivity contribution is -0.142. The van der Waals surface area contributed by atoms with E-state index in [2.05, 4.69) is 10.1 Å². The third-order valence-electron chi connectivity index (χ3n) is 5.10. The minimum atomic E-state index is -4.57. The molecule has 0 fully saturated rings. The second-order valence-electron chi connectivity index (χ2n) is 6.98. The third kappa shape index (κ3) is 3.38. The maximum absolute atomic E-state index is 13.5. The molecule has 3 aromatic rings. The fraction of sp³-hybridized carbons (Fsp3) is 0.300. The number of carbonyl (C=O) groups excluding carboxylic acids is 2. The molecule has 10 heteroatoms. The minimum Gasteiger partial charge on any atom is -0.428 e. The van der Waals surface area contributed by atoms with Crippen LogP contribution in [0.15, 0.2) is 30.6 Å². The van der Waals surface area contributed by atoms with Crippen molar-refractivity contribution in [2.45, 2.75) is 31.9 Å².